The molecule has 1 saturated heterocycles. The Balaban J connectivity index is 1.60. The first-order valence-corrected chi connectivity index (χ1v) is 17.6. The summed E-state index contributed by atoms with van der Waals surface area (Å²) in [4.78, 5) is 79.1. The summed E-state index contributed by atoms with van der Waals surface area (Å²) in [6.07, 6.45) is -1.07. The van der Waals surface area contributed by atoms with Crippen molar-refractivity contribution in [3.8, 4) is 0 Å². The second kappa shape index (κ2) is 13.9. The molecule has 50 heavy (non-hydrogen) atoms. The van der Waals surface area contributed by atoms with Gasteiger partial charge in [-0.25, -0.2) is 18.0 Å². The normalized spacial score (nSPS) is 23.9. The number of likely N-dealkylation sites (tertiary alicyclic amines) is 1. The Morgan fingerprint density at radius 3 is 2.26 bits per heavy atom. The predicted octanol–water partition coefficient (Wildman–Crippen LogP) is 2.72. The Morgan fingerprint density at radius 1 is 1.08 bits per heavy atom. The molecule has 274 valence electrons. The number of para-hydroxylation sites is 2. The molecule has 1 aliphatic heterocycles. The van der Waals surface area contributed by atoms with Crippen LogP contribution in [0.15, 0.2) is 36.9 Å². The van der Waals surface area contributed by atoms with Gasteiger partial charge in [0.05, 0.1) is 16.7 Å². The van der Waals surface area contributed by atoms with E-state index in [1.807, 2.05) is 0 Å². The van der Waals surface area contributed by atoms with E-state index < -0.39 is 90.8 Å². The Hall–Kier alpha value is -4.74. The Bertz CT molecular complexity index is 1680. The van der Waals surface area contributed by atoms with Crippen molar-refractivity contribution in [1.82, 2.24) is 20.3 Å². The van der Waals surface area contributed by atoms with Gasteiger partial charge in [-0.15, -0.1) is 6.58 Å². The lowest BCUT2D eigenvalue weighted by Crippen LogP contribution is -2.60. The van der Waals surface area contributed by atoms with Crippen molar-refractivity contribution in [2.75, 3.05) is 11.9 Å². The second-order valence-electron chi connectivity index (χ2n) is 14.8. The van der Waals surface area contributed by atoms with E-state index in [0.29, 0.717) is 12.8 Å². The average molecular weight is 721 g/mol. The number of carbonyl (C=O) groups is 5. The molecule has 17 nitrogen and oxygen atoms in total. The Morgan fingerprint density at radius 2 is 1.72 bits per heavy atom. The van der Waals surface area contributed by atoms with Gasteiger partial charge in [0.25, 0.3) is 11.6 Å². The van der Waals surface area contributed by atoms with Crippen LogP contribution in [0, 0.1) is 21.4 Å². The van der Waals surface area contributed by atoms with Crippen molar-refractivity contribution in [3.63, 3.8) is 0 Å². The van der Waals surface area contributed by atoms with E-state index in [1.165, 1.54) is 30.3 Å². The number of benzene rings is 1. The number of hydrogen-bond acceptors (Lipinski definition) is 11. The molecule has 0 radical (unpaired) electrons. The van der Waals surface area contributed by atoms with Crippen molar-refractivity contribution in [2.24, 2.45) is 11.3 Å². The van der Waals surface area contributed by atoms with Crippen LogP contribution in [0.25, 0.3) is 0 Å². The van der Waals surface area contributed by atoms with Crippen molar-refractivity contribution in [3.05, 3.63) is 47.0 Å². The van der Waals surface area contributed by atoms with Gasteiger partial charge in [0.2, 0.25) is 21.8 Å². The van der Waals surface area contributed by atoms with Crippen LogP contribution in [0.4, 0.5) is 21.0 Å². The number of sulfonamides is 1. The van der Waals surface area contributed by atoms with Gasteiger partial charge in [-0.2, -0.15) is 0 Å². The maximum Gasteiger partial charge on any atom is 0.412 e. The van der Waals surface area contributed by atoms with Gasteiger partial charge < -0.3 is 25.0 Å². The first kappa shape index (κ1) is 38.1. The van der Waals surface area contributed by atoms with Crippen LogP contribution in [0.2, 0.25) is 0 Å². The lowest BCUT2D eigenvalue weighted by atomic mass is 9.85. The number of nitrogens with zero attached hydrogens (tertiary/aromatic N) is 2. The van der Waals surface area contributed by atoms with E-state index in [4.69, 9.17) is 9.47 Å². The van der Waals surface area contributed by atoms with Crippen LogP contribution in [0.3, 0.4) is 0 Å². The Labute approximate surface area is 290 Å². The van der Waals surface area contributed by atoms with Crippen LogP contribution in [0.5, 0.6) is 0 Å². The quantitative estimate of drug-likeness (QED) is 0.147. The molecular formula is C32H44N6O11S. The van der Waals surface area contributed by atoms with Crippen LogP contribution in [-0.2, 0) is 33.9 Å². The monoisotopic (exact) mass is 720 g/mol. The summed E-state index contributed by atoms with van der Waals surface area (Å²) in [6, 6.07) is 2.78. The first-order valence-electron chi connectivity index (χ1n) is 16.1. The van der Waals surface area contributed by atoms with Crippen molar-refractivity contribution >= 4 is 51.3 Å². The summed E-state index contributed by atoms with van der Waals surface area (Å²) in [5, 5.41) is 18.3. The van der Waals surface area contributed by atoms with Crippen LogP contribution in [0.1, 0.15) is 67.2 Å². The summed E-state index contributed by atoms with van der Waals surface area (Å²) >= 11 is 0. The maximum absolute atomic E-state index is 14.2. The summed E-state index contributed by atoms with van der Waals surface area (Å²) in [7, 11) is -3.96. The topological polar surface area (TPSA) is 232 Å². The van der Waals surface area contributed by atoms with Crippen LogP contribution in [-0.4, -0.2) is 89.3 Å². The summed E-state index contributed by atoms with van der Waals surface area (Å²) < 4.78 is 38.1. The number of rotatable bonds is 11. The van der Waals surface area contributed by atoms with Gasteiger partial charge in [-0.1, -0.05) is 39.0 Å². The molecule has 2 saturated carbocycles. The lowest BCUT2D eigenvalue weighted by molar-refractivity contribution is -0.383. The zero-order valence-electron chi connectivity index (χ0n) is 28.8. The molecule has 1 aromatic carbocycles. The van der Waals surface area contributed by atoms with E-state index in [0.717, 1.165) is 4.90 Å². The molecule has 3 fully saturated rings. The third-order valence-corrected chi connectivity index (χ3v) is 10.3. The number of nitrogens with one attached hydrogen (secondary N) is 4. The number of alkyl carbamates (subject to hydrolysis) is 1. The van der Waals surface area contributed by atoms with E-state index in [2.05, 4.69) is 27.3 Å². The van der Waals surface area contributed by atoms with E-state index in [-0.39, 0.29) is 30.8 Å². The third-order valence-electron chi connectivity index (χ3n) is 8.48. The molecule has 5 amide bonds. The zero-order chi connectivity index (χ0) is 37.4. The van der Waals surface area contributed by atoms with Gasteiger partial charge in [0, 0.05) is 18.4 Å². The average Bonchev–Trinajstić information content (AvgIpc) is 3.91. The minimum atomic E-state index is -3.96. The largest absolute Gasteiger partial charge is 0.444 e. The van der Waals surface area contributed by atoms with Crippen LogP contribution < -0.4 is 20.7 Å². The highest BCUT2D eigenvalue weighted by atomic mass is 32.2. The molecule has 0 spiro atoms. The molecule has 3 aliphatic rings. The Kier molecular flexibility index (Phi) is 10.6. The molecule has 0 aromatic heterocycles. The number of carbonyl (C=O) groups excluding carboxylic acids is 5. The maximum atomic E-state index is 14.2. The minimum Gasteiger partial charge on any atom is -0.444 e. The molecule has 1 heterocycles. The van der Waals surface area contributed by atoms with Crippen molar-refractivity contribution in [1.29, 1.82) is 0 Å². The second-order valence-corrected chi connectivity index (χ2v) is 16.8. The standard InChI is InChI=1S/C32H44N6O11S/c1-8-18-16-32(18,27(41)36-50(46,47)20-13-14-20)35-25(39)23-15-19(48-28(42)33-21-11-9-10-12-22(21)38(44)45)17-37(23)26(40)24(30(2,3)4)34-29(43)49-31(5,6)7/h8-12,18-20,23-24H,1,13-17H2,2-7H3,(H,33,42)(H,34,43)(H,35,39)(H,36,41). The number of anilines is 1. The van der Waals surface area contributed by atoms with Gasteiger partial charge >= 0.3 is 12.2 Å². The summed E-state index contributed by atoms with van der Waals surface area (Å²) in [5.74, 6) is -3.10. The summed E-state index contributed by atoms with van der Waals surface area (Å²) in [6.45, 7) is 13.4. The van der Waals surface area contributed by atoms with Crippen molar-refractivity contribution in [2.45, 2.75) is 102 Å². The highest BCUT2D eigenvalue weighted by Gasteiger charge is 2.62. The zero-order valence-corrected chi connectivity index (χ0v) is 29.6. The number of amides is 5. The molecule has 4 N–H and O–H groups in total. The molecular weight excluding hydrogens is 676 g/mol. The van der Waals surface area contributed by atoms with E-state index >= 15 is 0 Å². The predicted molar refractivity (Wildman–Crippen MR) is 179 cm³/mol. The van der Waals surface area contributed by atoms with Crippen LogP contribution >= 0.6 is 0 Å². The van der Waals surface area contributed by atoms with Crippen molar-refractivity contribution < 1.29 is 46.8 Å². The fourth-order valence-electron chi connectivity index (χ4n) is 5.66. The fraction of sp³-hybridized carbons (Fsp3) is 0.594. The van der Waals surface area contributed by atoms with Gasteiger partial charge in [0.15, 0.2) is 0 Å². The molecule has 18 heteroatoms. The highest BCUT2D eigenvalue weighted by Crippen LogP contribution is 2.45. The highest BCUT2D eigenvalue weighted by molar-refractivity contribution is 7.91. The first-order chi connectivity index (χ1) is 23.1. The number of nitro groups is 1. The molecule has 5 unspecified atom stereocenters. The number of nitro benzene ring substituents is 1. The molecule has 1 aromatic rings. The SMILES string of the molecule is C=CC1CC1(NC(=O)C1CC(OC(=O)Nc2ccccc2[N+](=O)[O-])CN1C(=O)C(NC(=O)OC(C)(C)C)C(C)(C)C)C(=O)NS(=O)(=O)C1CC1. The molecule has 2 aliphatic carbocycles. The molecule has 5 atom stereocenters. The van der Waals surface area contributed by atoms with Gasteiger partial charge in [0.1, 0.15) is 35.0 Å². The van der Waals surface area contributed by atoms with E-state index in [9.17, 15) is 42.5 Å². The lowest BCUT2D eigenvalue weighted by Gasteiger charge is -2.36. The minimum absolute atomic E-state index is 0.0535. The van der Waals surface area contributed by atoms with E-state index in [1.54, 1.807) is 41.5 Å². The third kappa shape index (κ3) is 8.88. The smallest absolute Gasteiger partial charge is 0.412 e. The van der Waals surface area contributed by atoms with Gasteiger partial charge in [-0.05, 0) is 51.5 Å². The van der Waals surface area contributed by atoms with Gasteiger partial charge in [-0.3, -0.25) is 34.5 Å². The fourth-order valence-corrected chi connectivity index (χ4v) is 7.03. The number of ether oxygens (including phenoxy) is 2. The molecule has 0 bridgehead atoms. The number of hydrogen-bond donors (Lipinski definition) is 4. The summed E-state index contributed by atoms with van der Waals surface area (Å²) in [5.41, 5.74) is -3.99. The molecule has 4 rings (SSSR count).